The van der Waals surface area contributed by atoms with Gasteiger partial charge in [-0.2, -0.15) is 0 Å². The van der Waals surface area contributed by atoms with E-state index in [1.54, 1.807) is 43.3 Å². The number of rotatable bonds is 5. The molecule has 0 spiro atoms. The molecule has 0 aliphatic carbocycles. The van der Waals surface area contributed by atoms with Crippen LogP contribution in [0.5, 0.6) is 5.75 Å². The summed E-state index contributed by atoms with van der Waals surface area (Å²) in [6, 6.07) is 9.91. The van der Waals surface area contributed by atoms with Crippen LogP contribution in [-0.4, -0.2) is 29.7 Å². The number of halogens is 1. The van der Waals surface area contributed by atoms with Gasteiger partial charge in [0.2, 0.25) is 0 Å². The molecule has 9 nitrogen and oxygen atoms in total. The first kappa shape index (κ1) is 23.4. The predicted molar refractivity (Wildman–Crippen MR) is 127 cm³/mol. The van der Waals surface area contributed by atoms with Gasteiger partial charge < -0.3 is 9.47 Å². The number of ether oxygens (including phenoxy) is 2. The van der Waals surface area contributed by atoms with Crippen LogP contribution in [0.1, 0.15) is 24.1 Å². The Bertz CT molecular complexity index is 1520. The number of nitro groups is 1. The number of fused-ring (bicyclic) bond motifs is 1. The van der Waals surface area contributed by atoms with E-state index in [2.05, 4.69) is 4.99 Å². The van der Waals surface area contributed by atoms with Gasteiger partial charge in [0.15, 0.2) is 4.80 Å². The van der Waals surface area contributed by atoms with Crippen molar-refractivity contribution in [2.24, 2.45) is 4.99 Å². The number of allylic oxidation sites excluding steroid dienone is 1. The van der Waals surface area contributed by atoms with E-state index >= 15 is 0 Å². The lowest BCUT2D eigenvalue weighted by molar-refractivity contribution is -0.384. The van der Waals surface area contributed by atoms with Crippen LogP contribution in [0.2, 0.25) is 5.02 Å². The van der Waals surface area contributed by atoms with Gasteiger partial charge in [0.1, 0.15) is 11.8 Å². The van der Waals surface area contributed by atoms with Crippen LogP contribution in [0.15, 0.2) is 63.5 Å². The first-order valence-electron chi connectivity index (χ1n) is 9.94. The molecule has 1 aliphatic rings. The molecular formula is C23H18ClN3O6S. The minimum Gasteiger partial charge on any atom is -0.496 e. The number of aromatic nitrogens is 1. The number of thiazole rings is 1. The number of benzene rings is 2. The van der Waals surface area contributed by atoms with Gasteiger partial charge in [-0.15, -0.1) is 0 Å². The summed E-state index contributed by atoms with van der Waals surface area (Å²) in [6.07, 6.45) is 1.62. The molecule has 4 rings (SSSR count). The van der Waals surface area contributed by atoms with E-state index in [9.17, 15) is 19.7 Å². The summed E-state index contributed by atoms with van der Waals surface area (Å²) in [5.74, 6) is -0.187. The maximum Gasteiger partial charge on any atom is 0.338 e. The molecule has 34 heavy (non-hydrogen) atoms. The van der Waals surface area contributed by atoms with Crippen LogP contribution in [0.4, 0.5) is 5.69 Å². The Morgan fingerprint density at radius 2 is 1.94 bits per heavy atom. The van der Waals surface area contributed by atoms with E-state index in [0.29, 0.717) is 36.9 Å². The van der Waals surface area contributed by atoms with E-state index in [4.69, 9.17) is 21.1 Å². The van der Waals surface area contributed by atoms with Gasteiger partial charge in [0.05, 0.1) is 34.9 Å². The summed E-state index contributed by atoms with van der Waals surface area (Å²) < 4.78 is 12.3. The fraction of sp³-hybridized carbons (Fsp3) is 0.174. The number of esters is 1. The summed E-state index contributed by atoms with van der Waals surface area (Å²) in [5, 5.41) is 11.3. The van der Waals surface area contributed by atoms with Crippen molar-refractivity contribution in [1.82, 2.24) is 4.57 Å². The van der Waals surface area contributed by atoms with Gasteiger partial charge >= 0.3 is 5.97 Å². The van der Waals surface area contributed by atoms with Crippen molar-refractivity contribution in [2.75, 3.05) is 14.2 Å². The van der Waals surface area contributed by atoms with Crippen molar-refractivity contribution in [3.63, 3.8) is 0 Å². The number of hydrogen-bond acceptors (Lipinski definition) is 8. The van der Waals surface area contributed by atoms with Gasteiger partial charge in [-0.3, -0.25) is 19.5 Å². The average Bonchev–Trinajstić information content (AvgIpc) is 3.12. The molecule has 1 atom stereocenters. The van der Waals surface area contributed by atoms with Crippen LogP contribution in [0, 0.1) is 10.1 Å². The summed E-state index contributed by atoms with van der Waals surface area (Å²) in [6.45, 7) is 1.67. The molecular weight excluding hydrogens is 482 g/mol. The highest BCUT2D eigenvalue weighted by molar-refractivity contribution is 7.07. The van der Waals surface area contributed by atoms with Crippen molar-refractivity contribution in [2.45, 2.75) is 13.0 Å². The first-order valence-corrected chi connectivity index (χ1v) is 11.1. The van der Waals surface area contributed by atoms with Crippen LogP contribution in [0.25, 0.3) is 6.08 Å². The van der Waals surface area contributed by atoms with Crippen molar-refractivity contribution in [3.05, 3.63) is 99.7 Å². The smallest absolute Gasteiger partial charge is 0.338 e. The molecule has 3 aromatic rings. The van der Waals surface area contributed by atoms with Gasteiger partial charge in [0, 0.05) is 22.7 Å². The first-order chi connectivity index (χ1) is 16.2. The second-order valence-corrected chi connectivity index (χ2v) is 8.75. The highest BCUT2D eigenvalue weighted by atomic mass is 35.5. The van der Waals surface area contributed by atoms with Crippen LogP contribution < -0.4 is 19.6 Å². The van der Waals surface area contributed by atoms with E-state index in [1.807, 2.05) is 0 Å². The Morgan fingerprint density at radius 3 is 2.56 bits per heavy atom. The second kappa shape index (κ2) is 9.24. The van der Waals surface area contributed by atoms with Crippen LogP contribution in [-0.2, 0) is 9.53 Å². The molecule has 2 aromatic carbocycles. The van der Waals surface area contributed by atoms with Crippen LogP contribution >= 0.6 is 22.9 Å². The minimum absolute atomic E-state index is 0.0509. The maximum absolute atomic E-state index is 13.5. The third kappa shape index (κ3) is 4.13. The van der Waals surface area contributed by atoms with Gasteiger partial charge in [-0.1, -0.05) is 22.9 Å². The molecule has 0 saturated heterocycles. The van der Waals surface area contributed by atoms with Crippen molar-refractivity contribution in [1.29, 1.82) is 0 Å². The third-order valence-corrected chi connectivity index (χ3v) is 6.53. The summed E-state index contributed by atoms with van der Waals surface area (Å²) in [7, 11) is 2.74. The quantitative estimate of drug-likeness (QED) is 0.303. The lowest BCUT2D eigenvalue weighted by Gasteiger charge is -2.25. The maximum atomic E-state index is 13.5. The Kier molecular flexibility index (Phi) is 6.36. The number of carbonyl (C=O) groups excluding carboxylic acids is 1. The highest BCUT2D eigenvalue weighted by Crippen LogP contribution is 2.37. The lowest BCUT2D eigenvalue weighted by atomic mass is 9.95. The molecule has 1 aromatic heterocycles. The second-order valence-electron chi connectivity index (χ2n) is 7.31. The number of nitro benzene ring substituents is 1. The zero-order chi connectivity index (χ0) is 24.6. The molecule has 0 N–H and O–H groups in total. The van der Waals surface area contributed by atoms with E-state index in [1.165, 1.54) is 30.9 Å². The number of nitrogens with zero attached hydrogens (tertiary/aromatic N) is 3. The highest BCUT2D eigenvalue weighted by Gasteiger charge is 2.35. The molecule has 11 heteroatoms. The van der Waals surface area contributed by atoms with Gasteiger partial charge in [-0.25, -0.2) is 9.79 Å². The van der Waals surface area contributed by atoms with Crippen LogP contribution in [0.3, 0.4) is 0 Å². The van der Waals surface area contributed by atoms with Crippen molar-refractivity contribution < 1.29 is 19.2 Å². The number of methoxy groups -OCH3 is 2. The average molecular weight is 500 g/mol. The molecule has 0 saturated carbocycles. The molecule has 2 heterocycles. The van der Waals surface area contributed by atoms with Gasteiger partial charge in [0.25, 0.3) is 11.2 Å². The minimum atomic E-state index is -0.878. The molecule has 174 valence electrons. The zero-order valence-corrected chi connectivity index (χ0v) is 19.8. The molecule has 0 fully saturated rings. The van der Waals surface area contributed by atoms with Gasteiger partial charge in [-0.05, 0) is 48.9 Å². The van der Waals surface area contributed by atoms with Crippen molar-refractivity contribution >= 4 is 40.7 Å². The molecule has 1 aliphatic heterocycles. The number of non-ortho nitro benzene ring substituents is 1. The topological polar surface area (TPSA) is 113 Å². The SMILES string of the molecule is COC(=O)C1=C(C)N=c2s/c(=C\c3ccc([N+](=O)[O-])cc3)c(=O)n2[C@H]1c1cc(Cl)ccc1OC. The Labute approximate surface area is 202 Å². The fourth-order valence-corrected chi connectivity index (χ4v) is 4.98. The standard InChI is InChI=1S/C23H18ClN3O6S/c1-12-19(22(29)33-3)20(16-11-14(24)6-9-17(16)32-2)26-21(28)18(34-23(26)25-12)10-13-4-7-15(8-5-13)27(30)31/h4-11,20H,1-3H3/b18-10-/t20-/m0/s1. The fourth-order valence-electron chi connectivity index (χ4n) is 3.75. The van der Waals surface area contributed by atoms with E-state index < -0.39 is 16.9 Å². The van der Waals surface area contributed by atoms with E-state index in [-0.39, 0.29) is 16.8 Å². The molecule has 0 unspecified atom stereocenters. The largest absolute Gasteiger partial charge is 0.496 e. The lowest BCUT2D eigenvalue weighted by Crippen LogP contribution is -2.40. The number of carbonyl (C=O) groups is 1. The van der Waals surface area contributed by atoms with E-state index in [0.717, 1.165) is 11.3 Å². The van der Waals surface area contributed by atoms with Crippen molar-refractivity contribution in [3.8, 4) is 5.75 Å². The molecule has 0 bridgehead atoms. The summed E-state index contributed by atoms with van der Waals surface area (Å²) in [5.41, 5.74) is 1.27. The molecule has 0 amide bonds. The predicted octanol–water partition coefficient (Wildman–Crippen LogP) is 2.98. The number of hydrogen-bond donors (Lipinski definition) is 0. The summed E-state index contributed by atoms with van der Waals surface area (Å²) >= 11 is 7.40. The molecule has 0 radical (unpaired) electrons. The normalized spacial score (nSPS) is 15.5. The Morgan fingerprint density at radius 1 is 1.24 bits per heavy atom. The third-order valence-electron chi connectivity index (χ3n) is 5.31. The zero-order valence-electron chi connectivity index (χ0n) is 18.3. The Balaban J connectivity index is 1.97. The Hall–Kier alpha value is -3.76. The monoisotopic (exact) mass is 499 g/mol. The summed E-state index contributed by atoms with van der Waals surface area (Å²) in [4.78, 5) is 41.6.